The van der Waals surface area contributed by atoms with Crippen LogP contribution in [0.2, 0.25) is 0 Å². The zero-order chi connectivity index (χ0) is 38.2. The average molecular weight is 745 g/mol. The highest BCUT2D eigenvalue weighted by Gasteiger charge is 2.29. The Bertz CT molecular complexity index is 3390. The number of fused-ring (bicyclic) bond motifs is 9. The molecular formula is C54H36N2O2. The smallest absolute Gasteiger partial charge is 0.159 e. The van der Waals surface area contributed by atoms with Crippen molar-refractivity contribution in [1.29, 1.82) is 0 Å². The van der Waals surface area contributed by atoms with Crippen LogP contribution in [0.5, 0.6) is 0 Å². The summed E-state index contributed by atoms with van der Waals surface area (Å²) in [4.78, 5) is 2.46. The predicted octanol–water partition coefficient (Wildman–Crippen LogP) is 14.9. The van der Waals surface area contributed by atoms with Crippen molar-refractivity contribution < 1.29 is 8.83 Å². The molecule has 0 spiro atoms. The van der Waals surface area contributed by atoms with Crippen LogP contribution < -0.4 is 4.90 Å². The predicted molar refractivity (Wildman–Crippen MR) is 240 cm³/mol. The van der Waals surface area contributed by atoms with Gasteiger partial charge in [0.25, 0.3) is 0 Å². The van der Waals surface area contributed by atoms with Gasteiger partial charge >= 0.3 is 0 Å². The Labute approximate surface area is 335 Å². The Morgan fingerprint density at radius 2 is 1.14 bits per heavy atom. The molecule has 0 atom stereocenters. The van der Waals surface area contributed by atoms with E-state index in [9.17, 15) is 0 Å². The van der Waals surface area contributed by atoms with Crippen LogP contribution >= 0.6 is 0 Å². The number of benzene rings is 8. The lowest BCUT2D eigenvalue weighted by molar-refractivity contribution is 0.667. The van der Waals surface area contributed by atoms with Gasteiger partial charge < -0.3 is 18.3 Å². The maximum atomic E-state index is 7.05. The van der Waals surface area contributed by atoms with E-state index in [1.54, 1.807) is 0 Å². The minimum atomic E-state index is 0.836. The minimum Gasteiger partial charge on any atom is -0.455 e. The molecule has 58 heavy (non-hydrogen) atoms. The summed E-state index contributed by atoms with van der Waals surface area (Å²) in [6.07, 6.45) is 4.15. The molecule has 11 aromatic rings. The lowest BCUT2D eigenvalue weighted by Crippen LogP contribution is -2.20. The molecule has 12 rings (SSSR count). The van der Waals surface area contributed by atoms with Gasteiger partial charge in [0.1, 0.15) is 16.7 Å². The van der Waals surface area contributed by atoms with E-state index < -0.39 is 0 Å². The summed E-state index contributed by atoms with van der Waals surface area (Å²) in [6.45, 7) is 0. The highest BCUT2D eigenvalue weighted by atomic mass is 16.3. The molecule has 0 radical (unpaired) electrons. The maximum absolute atomic E-state index is 7.05. The topological polar surface area (TPSA) is 34.5 Å². The molecule has 0 N–H and O–H groups in total. The molecule has 0 fully saturated rings. The third-order valence-corrected chi connectivity index (χ3v) is 11.9. The minimum absolute atomic E-state index is 0.836. The van der Waals surface area contributed by atoms with Gasteiger partial charge in [-0.25, -0.2) is 0 Å². The number of hydrogen-bond acceptors (Lipinski definition) is 3. The zero-order valence-corrected chi connectivity index (χ0v) is 31.6. The Balaban J connectivity index is 1.17. The zero-order valence-electron chi connectivity index (χ0n) is 31.6. The lowest BCUT2D eigenvalue weighted by Gasteiger charge is -2.31. The molecule has 0 saturated heterocycles. The van der Waals surface area contributed by atoms with Crippen LogP contribution in [0.3, 0.4) is 0 Å². The van der Waals surface area contributed by atoms with Gasteiger partial charge in [-0.3, -0.25) is 0 Å². The first-order valence-electron chi connectivity index (χ1n) is 20.0. The van der Waals surface area contributed by atoms with Crippen molar-refractivity contribution >= 4 is 72.2 Å². The molecule has 274 valence electrons. The normalized spacial score (nSPS) is 12.8. The summed E-state index contributed by atoms with van der Waals surface area (Å²) in [5.74, 6) is 0. The summed E-state index contributed by atoms with van der Waals surface area (Å²) in [7, 11) is 0. The quantitative estimate of drug-likeness (QED) is 0.170. The van der Waals surface area contributed by atoms with Gasteiger partial charge in [-0.2, -0.15) is 0 Å². The molecule has 1 aliphatic carbocycles. The maximum Gasteiger partial charge on any atom is 0.159 e. The second kappa shape index (κ2) is 13.0. The van der Waals surface area contributed by atoms with E-state index in [2.05, 4.69) is 198 Å². The van der Waals surface area contributed by atoms with Crippen LogP contribution in [-0.4, -0.2) is 4.57 Å². The summed E-state index contributed by atoms with van der Waals surface area (Å²) in [5.41, 5.74) is 16.1. The molecule has 8 aromatic carbocycles. The monoisotopic (exact) mass is 744 g/mol. The number of para-hydroxylation sites is 4. The van der Waals surface area contributed by atoms with Gasteiger partial charge in [0.05, 0.1) is 28.0 Å². The number of anilines is 2. The van der Waals surface area contributed by atoms with E-state index in [-0.39, 0.29) is 0 Å². The summed E-state index contributed by atoms with van der Waals surface area (Å²) in [5, 5.41) is 5.64. The highest BCUT2D eigenvalue weighted by molar-refractivity contribution is 6.18. The first-order valence-corrected chi connectivity index (χ1v) is 20.0. The van der Waals surface area contributed by atoms with Crippen LogP contribution in [0, 0.1) is 0 Å². The van der Waals surface area contributed by atoms with Crippen LogP contribution in [0.1, 0.15) is 17.7 Å². The standard InChI is InChI=1S/C54H36N2O2/c1-4-15-35(16-5-1)37-27-29-45-51(33-37)58-54-40(36-17-6-2-7-18-36)31-32-47(52(45)54)56(48-25-14-23-44-43-22-11-13-26-50(43)57-53(44)48)39-28-30-42-41-21-10-12-24-46(41)55(49(42)34-39)38-19-8-3-9-20-38/h1-27,29,31-34H,28,30H2. The third kappa shape index (κ3) is 5.01. The largest absolute Gasteiger partial charge is 0.455 e. The molecular weight excluding hydrogens is 709 g/mol. The van der Waals surface area contributed by atoms with Gasteiger partial charge in [-0.15, -0.1) is 0 Å². The summed E-state index contributed by atoms with van der Waals surface area (Å²) in [6, 6.07) is 66.7. The number of nitrogens with zero attached hydrogens (tertiary/aromatic N) is 2. The van der Waals surface area contributed by atoms with Crippen molar-refractivity contribution in [2.45, 2.75) is 12.8 Å². The van der Waals surface area contributed by atoms with E-state index >= 15 is 0 Å². The third-order valence-electron chi connectivity index (χ3n) is 11.9. The van der Waals surface area contributed by atoms with Gasteiger partial charge in [-0.05, 0) is 95.8 Å². The van der Waals surface area contributed by atoms with Crippen molar-refractivity contribution in [3.05, 3.63) is 205 Å². The number of rotatable bonds is 6. The lowest BCUT2D eigenvalue weighted by atomic mass is 9.95. The molecule has 3 heterocycles. The van der Waals surface area contributed by atoms with Gasteiger partial charge in [0.15, 0.2) is 5.58 Å². The van der Waals surface area contributed by atoms with Crippen molar-refractivity contribution in [3.8, 4) is 27.9 Å². The Kier molecular flexibility index (Phi) is 7.32. The number of aromatic nitrogens is 1. The van der Waals surface area contributed by atoms with Gasteiger partial charge in [0.2, 0.25) is 0 Å². The van der Waals surface area contributed by atoms with E-state index in [1.807, 2.05) is 6.07 Å². The molecule has 0 aliphatic heterocycles. The van der Waals surface area contributed by atoms with Gasteiger partial charge in [-0.1, -0.05) is 133 Å². The number of furan rings is 2. The molecule has 0 saturated carbocycles. The van der Waals surface area contributed by atoms with Crippen molar-refractivity contribution in [1.82, 2.24) is 4.57 Å². The van der Waals surface area contributed by atoms with Gasteiger partial charge in [0, 0.05) is 38.5 Å². The Morgan fingerprint density at radius 1 is 0.448 bits per heavy atom. The molecule has 3 aromatic heterocycles. The second-order valence-electron chi connectivity index (χ2n) is 15.2. The summed E-state index contributed by atoms with van der Waals surface area (Å²) >= 11 is 0. The molecule has 4 heteroatoms. The van der Waals surface area contributed by atoms with E-state index in [0.29, 0.717) is 0 Å². The van der Waals surface area contributed by atoms with E-state index in [4.69, 9.17) is 8.83 Å². The summed E-state index contributed by atoms with van der Waals surface area (Å²) < 4.78 is 16.3. The first kappa shape index (κ1) is 32.7. The molecule has 0 unspecified atom stereocenters. The number of allylic oxidation sites excluding steroid dienone is 1. The van der Waals surface area contributed by atoms with Crippen LogP contribution in [0.4, 0.5) is 11.4 Å². The van der Waals surface area contributed by atoms with Crippen LogP contribution in [-0.2, 0) is 6.42 Å². The number of aryl methyl sites for hydroxylation is 1. The van der Waals surface area contributed by atoms with Crippen molar-refractivity contribution in [2.75, 3.05) is 4.90 Å². The number of hydrogen-bond donors (Lipinski definition) is 0. The van der Waals surface area contributed by atoms with Crippen LogP contribution in [0.25, 0.3) is 88.8 Å². The fraction of sp³-hybridized carbons (Fsp3) is 0.0370. The molecule has 0 bridgehead atoms. The fourth-order valence-electron chi connectivity index (χ4n) is 9.31. The molecule has 4 nitrogen and oxygen atoms in total. The highest BCUT2D eigenvalue weighted by Crippen LogP contribution is 2.49. The van der Waals surface area contributed by atoms with Crippen molar-refractivity contribution in [2.24, 2.45) is 0 Å². The molecule has 1 aliphatic rings. The Morgan fingerprint density at radius 3 is 1.97 bits per heavy atom. The van der Waals surface area contributed by atoms with E-state index in [0.717, 1.165) is 96.0 Å². The fourth-order valence-corrected chi connectivity index (χ4v) is 9.31. The van der Waals surface area contributed by atoms with Crippen LogP contribution in [0.15, 0.2) is 203 Å². The van der Waals surface area contributed by atoms with Crippen molar-refractivity contribution in [3.63, 3.8) is 0 Å². The second-order valence-corrected chi connectivity index (χ2v) is 15.2. The average Bonchev–Trinajstić information content (AvgIpc) is 3.97. The SMILES string of the molecule is C1=C(N(c2cccc3c2oc2ccccc23)c2ccc(-c3ccccc3)c3oc4cc(-c5ccccc5)ccc4c23)CCc2c1n(-c1ccccc1)c1ccccc21. The molecule has 0 amide bonds. The first-order chi connectivity index (χ1) is 28.8. The Hall–Kier alpha value is -7.56. The van der Waals surface area contributed by atoms with E-state index in [1.165, 1.54) is 27.9 Å².